The highest BCUT2D eigenvalue weighted by Gasteiger charge is 2.04. The van der Waals surface area contributed by atoms with Crippen molar-refractivity contribution in [2.24, 2.45) is 11.5 Å². The summed E-state index contributed by atoms with van der Waals surface area (Å²) < 4.78 is 0. The fraction of sp³-hybridized carbons (Fsp3) is 0.111. The van der Waals surface area contributed by atoms with E-state index in [0.717, 1.165) is 0 Å². The second-order valence-electron chi connectivity index (χ2n) is 2.42. The van der Waals surface area contributed by atoms with Crippen molar-refractivity contribution in [3.05, 3.63) is 35.4 Å². The fourth-order valence-corrected chi connectivity index (χ4v) is 0.755. The van der Waals surface area contributed by atoms with E-state index in [4.69, 9.17) is 10.2 Å². The van der Waals surface area contributed by atoms with Gasteiger partial charge in [0.2, 0.25) is 0 Å². The topological polar surface area (TPSA) is 127 Å². The second kappa shape index (κ2) is 6.52. The summed E-state index contributed by atoms with van der Waals surface area (Å²) in [7, 11) is 0. The molecule has 0 fully saturated rings. The molecule has 0 bridgehead atoms. The highest BCUT2D eigenvalue weighted by Crippen LogP contribution is 2.03. The summed E-state index contributed by atoms with van der Waals surface area (Å²) in [5.74, 6) is -2.13. The van der Waals surface area contributed by atoms with Crippen molar-refractivity contribution in [2.45, 2.75) is 0 Å². The zero-order valence-corrected chi connectivity index (χ0v) is 7.88. The molecule has 0 heterocycles. The van der Waals surface area contributed by atoms with Gasteiger partial charge in [0.25, 0.3) is 0 Å². The van der Waals surface area contributed by atoms with Crippen molar-refractivity contribution in [3.63, 3.8) is 0 Å². The fourth-order valence-electron chi connectivity index (χ4n) is 0.755. The first-order valence-electron chi connectivity index (χ1n) is 3.99. The van der Waals surface area contributed by atoms with Gasteiger partial charge in [0.15, 0.2) is 0 Å². The maximum atomic E-state index is 10.3. The molecule has 0 amide bonds. The minimum Gasteiger partial charge on any atom is -0.478 e. The zero-order valence-electron chi connectivity index (χ0n) is 7.88. The van der Waals surface area contributed by atoms with Crippen LogP contribution in [0.2, 0.25) is 0 Å². The molecule has 6 N–H and O–H groups in total. The smallest absolute Gasteiger partial charge is 0.335 e. The third-order valence-electron chi connectivity index (χ3n) is 1.38. The lowest BCUT2D eigenvalue weighted by Gasteiger charge is -1.94. The van der Waals surface area contributed by atoms with Crippen LogP contribution in [-0.2, 0) is 0 Å². The quantitative estimate of drug-likeness (QED) is 0.509. The maximum absolute atomic E-state index is 10.3. The molecule has 1 aromatic carbocycles. The molecule has 6 nitrogen and oxygen atoms in total. The minimum atomic E-state index is -1.06. The van der Waals surface area contributed by atoms with E-state index in [1.807, 2.05) is 0 Å². The first-order valence-corrected chi connectivity index (χ1v) is 3.99. The van der Waals surface area contributed by atoms with E-state index in [-0.39, 0.29) is 17.8 Å². The number of hydrogen-bond donors (Lipinski definition) is 4. The number of aromatic carboxylic acids is 2. The molecular formula is C9H12N2O4. The molecule has 0 aliphatic carbocycles. The summed E-state index contributed by atoms with van der Waals surface area (Å²) in [6.07, 6.45) is 0. The third-order valence-corrected chi connectivity index (χ3v) is 1.38. The summed E-state index contributed by atoms with van der Waals surface area (Å²) in [6.45, 7) is 0.250. The molecule has 15 heavy (non-hydrogen) atoms. The molecule has 0 aromatic heterocycles. The molecule has 6 heteroatoms. The van der Waals surface area contributed by atoms with Crippen LogP contribution in [0.15, 0.2) is 24.3 Å². The Morgan fingerprint density at radius 3 is 1.27 bits per heavy atom. The standard InChI is InChI=1S/C8H6O4.CH6N2/c9-7(10)5-1-2-6(4-3-5)8(11)12;2-1-3/h1-4H,(H,9,10)(H,11,12);1-3H2. The maximum Gasteiger partial charge on any atom is 0.335 e. The SMILES string of the molecule is NCN.O=C(O)c1ccc(C(=O)O)cc1. The van der Waals surface area contributed by atoms with Gasteiger partial charge in [-0.1, -0.05) is 0 Å². The Labute approximate surface area is 86.1 Å². The number of benzene rings is 1. The summed E-state index contributed by atoms with van der Waals surface area (Å²) in [5, 5.41) is 16.9. The van der Waals surface area contributed by atoms with Crippen LogP contribution in [0.4, 0.5) is 0 Å². The van der Waals surface area contributed by atoms with Gasteiger partial charge in [0, 0.05) is 6.67 Å². The molecule has 0 aliphatic heterocycles. The Hall–Kier alpha value is -1.92. The van der Waals surface area contributed by atoms with Gasteiger partial charge in [0.05, 0.1) is 11.1 Å². The highest BCUT2D eigenvalue weighted by atomic mass is 16.4. The average molecular weight is 212 g/mol. The van der Waals surface area contributed by atoms with Crippen LogP contribution in [0, 0.1) is 0 Å². The van der Waals surface area contributed by atoms with Crippen LogP contribution >= 0.6 is 0 Å². The van der Waals surface area contributed by atoms with E-state index >= 15 is 0 Å². The number of rotatable bonds is 2. The van der Waals surface area contributed by atoms with Crippen molar-refractivity contribution in [1.82, 2.24) is 0 Å². The van der Waals surface area contributed by atoms with Crippen molar-refractivity contribution in [1.29, 1.82) is 0 Å². The Morgan fingerprint density at radius 1 is 0.933 bits per heavy atom. The van der Waals surface area contributed by atoms with Gasteiger partial charge in [-0.25, -0.2) is 9.59 Å². The molecule has 0 atom stereocenters. The molecule has 0 unspecified atom stereocenters. The van der Waals surface area contributed by atoms with E-state index in [2.05, 4.69) is 11.5 Å². The van der Waals surface area contributed by atoms with Crippen LogP contribution in [0.1, 0.15) is 20.7 Å². The summed E-state index contributed by atoms with van der Waals surface area (Å²) in [5.41, 5.74) is 9.42. The van der Waals surface area contributed by atoms with Gasteiger partial charge in [-0.3, -0.25) is 0 Å². The number of hydrogen-bond acceptors (Lipinski definition) is 4. The van der Waals surface area contributed by atoms with Crippen LogP contribution in [0.25, 0.3) is 0 Å². The summed E-state index contributed by atoms with van der Waals surface area (Å²) in [4.78, 5) is 20.7. The van der Waals surface area contributed by atoms with Crippen molar-refractivity contribution in [2.75, 3.05) is 6.67 Å². The average Bonchev–Trinajstić information content (AvgIpc) is 2.19. The van der Waals surface area contributed by atoms with Crippen LogP contribution in [0.3, 0.4) is 0 Å². The number of nitrogens with two attached hydrogens (primary N) is 2. The minimum absolute atomic E-state index is 0.0833. The van der Waals surface area contributed by atoms with Gasteiger partial charge in [-0.2, -0.15) is 0 Å². The molecule has 0 radical (unpaired) electrons. The van der Waals surface area contributed by atoms with E-state index in [9.17, 15) is 9.59 Å². The summed E-state index contributed by atoms with van der Waals surface area (Å²) in [6, 6.07) is 5.02. The number of carboxylic acids is 2. The molecule has 0 spiro atoms. The Morgan fingerprint density at radius 2 is 1.13 bits per heavy atom. The van der Waals surface area contributed by atoms with E-state index in [0.29, 0.717) is 0 Å². The van der Waals surface area contributed by atoms with Gasteiger partial charge < -0.3 is 21.7 Å². The second-order valence-corrected chi connectivity index (χ2v) is 2.42. The molecule has 1 aromatic rings. The normalized spacial score (nSPS) is 8.67. The van der Waals surface area contributed by atoms with Gasteiger partial charge >= 0.3 is 11.9 Å². The van der Waals surface area contributed by atoms with E-state index in [1.54, 1.807) is 0 Å². The van der Waals surface area contributed by atoms with Gasteiger partial charge in [0.1, 0.15) is 0 Å². The third kappa shape index (κ3) is 4.75. The Kier molecular flexibility index (Phi) is 5.69. The predicted molar refractivity (Wildman–Crippen MR) is 53.6 cm³/mol. The zero-order chi connectivity index (χ0) is 11.8. The lowest BCUT2D eigenvalue weighted by atomic mass is 10.1. The first-order chi connectivity index (χ1) is 7.02. The molecule has 0 saturated carbocycles. The first kappa shape index (κ1) is 13.1. The molecule has 82 valence electrons. The molecule has 0 aliphatic rings. The Bertz CT molecular complexity index is 301. The van der Waals surface area contributed by atoms with Gasteiger partial charge in [-0.15, -0.1) is 0 Å². The van der Waals surface area contributed by atoms with E-state index < -0.39 is 11.9 Å². The Balaban J connectivity index is 0.000000583. The van der Waals surface area contributed by atoms with Crippen LogP contribution in [-0.4, -0.2) is 28.8 Å². The number of carbonyl (C=O) groups is 2. The lowest BCUT2D eigenvalue weighted by Crippen LogP contribution is -2.08. The van der Waals surface area contributed by atoms with Crippen LogP contribution in [0.5, 0.6) is 0 Å². The van der Waals surface area contributed by atoms with Crippen molar-refractivity contribution in [3.8, 4) is 0 Å². The molecular weight excluding hydrogens is 200 g/mol. The largest absolute Gasteiger partial charge is 0.478 e. The van der Waals surface area contributed by atoms with Crippen molar-refractivity contribution >= 4 is 11.9 Å². The lowest BCUT2D eigenvalue weighted by molar-refractivity contribution is 0.0681. The molecule has 1 rings (SSSR count). The van der Waals surface area contributed by atoms with Crippen LogP contribution < -0.4 is 11.5 Å². The van der Waals surface area contributed by atoms with E-state index in [1.165, 1.54) is 24.3 Å². The van der Waals surface area contributed by atoms with Gasteiger partial charge in [-0.05, 0) is 24.3 Å². The van der Waals surface area contributed by atoms with Crippen molar-refractivity contribution < 1.29 is 19.8 Å². The number of carboxylic acid groups (broad SMARTS) is 2. The predicted octanol–water partition coefficient (Wildman–Crippen LogP) is -0.0557. The monoisotopic (exact) mass is 212 g/mol. The molecule has 0 saturated heterocycles. The summed E-state index contributed by atoms with van der Waals surface area (Å²) >= 11 is 0. The highest BCUT2D eigenvalue weighted by molar-refractivity contribution is 5.91.